The van der Waals surface area contributed by atoms with Crippen molar-refractivity contribution in [1.29, 1.82) is 0 Å². The summed E-state index contributed by atoms with van der Waals surface area (Å²) in [6.07, 6.45) is 2.01. The van der Waals surface area contributed by atoms with Gasteiger partial charge < -0.3 is 20.2 Å². The third-order valence-electron chi connectivity index (χ3n) is 4.74. The van der Waals surface area contributed by atoms with Crippen molar-refractivity contribution in [3.63, 3.8) is 0 Å². The minimum absolute atomic E-state index is 0.254. The molecule has 3 rings (SSSR count). The molecule has 0 aromatic carbocycles. The van der Waals surface area contributed by atoms with Crippen LogP contribution < -0.4 is 4.90 Å². The van der Waals surface area contributed by atoms with Crippen LogP contribution in [-0.2, 0) is 6.42 Å². The van der Waals surface area contributed by atoms with Gasteiger partial charge in [-0.1, -0.05) is 17.7 Å². The van der Waals surface area contributed by atoms with Gasteiger partial charge in [0.15, 0.2) is 0 Å². The zero-order valence-corrected chi connectivity index (χ0v) is 12.2. The van der Waals surface area contributed by atoms with Crippen LogP contribution in [0.5, 0.6) is 0 Å². The van der Waals surface area contributed by atoms with E-state index >= 15 is 0 Å². The topological polar surface area (TPSA) is 89.7 Å². The predicted molar refractivity (Wildman–Crippen MR) is 78.2 cm³/mol. The molecule has 7 heteroatoms. The fourth-order valence-electron chi connectivity index (χ4n) is 3.41. The summed E-state index contributed by atoms with van der Waals surface area (Å²) in [5.41, 5.74) is -0.0233. The molecule has 1 aliphatic carbocycles. The summed E-state index contributed by atoms with van der Waals surface area (Å²) in [7, 11) is 0. The Hall–Kier alpha value is -1.21. The molecule has 21 heavy (non-hydrogen) atoms. The molecule has 0 bridgehead atoms. The SMILES string of the molecule is C=CC1(CO)CC(N2CCc3c(Cl)ncnc32)[C@@H](O)C1O. The number of anilines is 1. The largest absolute Gasteiger partial charge is 0.395 e. The highest BCUT2D eigenvalue weighted by Gasteiger charge is 2.53. The van der Waals surface area contributed by atoms with Crippen LogP contribution in [0.2, 0.25) is 5.15 Å². The number of halogens is 1. The minimum atomic E-state index is -1.05. The number of fused-ring (bicyclic) bond motifs is 1. The summed E-state index contributed by atoms with van der Waals surface area (Å²) in [6, 6.07) is -0.336. The maximum absolute atomic E-state index is 10.4. The molecule has 114 valence electrons. The summed E-state index contributed by atoms with van der Waals surface area (Å²) in [5.74, 6) is 0.698. The van der Waals surface area contributed by atoms with E-state index in [-0.39, 0.29) is 12.6 Å². The summed E-state index contributed by atoms with van der Waals surface area (Å²) >= 11 is 6.07. The van der Waals surface area contributed by atoms with Crippen LogP contribution in [0.15, 0.2) is 19.0 Å². The van der Waals surface area contributed by atoms with Gasteiger partial charge in [-0.2, -0.15) is 0 Å². The molecule has 0 spiro atoms. The number of rotatable bonds is 3. The Morgan fingerprint density at radius 3 is 2.86 bits per heavy atom. The highest BCUT2D eigenvalue weighted by molar-refractivity contribution is 6.30. The Kier molecular flexibility index (Phi) is 3.65. The average Bonchev–Trinajstić information content (AvgIpc) is 3.02. The van der Waals surface area contributed by atoms with Gasteiger partial charge in [-0.05, 0) is 12.8 Å². The molecule has 6 nitrogen and oxygen atoms in total. The van der Waals surface area contributed by atoms with Gasteiger partial charge in [0.1, 0.15) is 23.4 Å². The van der Waals surface area contributed by atoms with Crippen LogP contribution in [-0.4, -0.2) is 56.7 Å². The Balaban J connectivity index is 1.94. The van der Waals surface area contributed by atoms with Crippen molar-refractivity contribution in [2.45, 2.75) is 31.1 Å². The molecular formula is C14H18ClN3O3. The van der Waals surface area contributed by atoms with Gasteiger partial charge in [0.25, 0.3) is 0 Å². The quantitative estimate of drug-likeness (QED) is 0.544. The normalized spacial score (nSPS) is 35.0. The molecule has 1 aromatic heterocycles. The van der Waals surface area contributed by atoms with E-state index in [2.05, 4.69) is 16.5 Å². The van der Waals surface area contributed by atoms with Crippen LogP contribution in [0.3, 0.4) is 0 Å². The molecule has 1 fully saturated rings. The van der Waals surface area contributed by atoms with E-state index in [4.69, 9.17) is 11.6 Å². The Morgan fingerprint density at radius 1 is 1.48 bits per heavy atom. The van der Waals surface area contributed by atoms with Gasteiger partial charge in [-0.15, -0.1) is 6.58 Å². The lowest BCUT2D eigenvalue weighted by molar-refractivity contribution is -0.0250. The van der Waals surface area contributed by atoms with Gasteiger partial charge >= 0.3 is 0 Å². The lowest BCUT2D eigenvalue weighted by Gasteiger charge is -2.29. The van der Waals surface area contributed by atoms with Crippen molar-refractivity contribution >= 4 is 17.4 Å². The molecule has 1 aromatic rings. The maximum atomic E-state index is 10.4. The zero-order chi connectivity index (χ0) is 15.2. The van der Waals surface area contributed by atoms with E-state index in [1.54, 1.807) is 0 Å². The van der Waals surface area contributed by atoms with E-state index in [1.807, 2.05) is 4.90 Å². The molecule has 2 heterocycles. The molecule has 2 aliphatic rings. The van der Waals surface area contributed by atoms with Crippen molar-refractivity contribution in [1.82, 2.24) is 9.97 Å². The molecule has 1 saturated carbocycles. The third kappa shape index (κ3) is 2.05. The van der Waals surface area contributed by atoms with Gasteiger partial charge in [0, 0.05) is 17.5 Å². The minimum Gasteiger partial charge on any atom is -0.395 e. The van der Waals surface area contributed by atoms with Crippen LogP contribution in [0.4, 0.5) is 5.82 Å². The first-order valence-corrected chi connectivity index (χ1v) is 7.28. The standard InChI is InChI=1S/C14H18ClN3O3/c1-2-14(6-19)5-9(10(20)11(14)21)18-4-3-8-12(15)16-7-17-13(8)18/h2,7,9-11,19-21H,1,3-6H2/t9?,10-,11?,14?/m1/s1. The number of hydrogen-bond acceptors (Lipinski definition) is 6. The van der Waals surface area contributed by atoms with Crippen molar-refractivity contribution in [3.8, 4) is 0 Å². The molecule has 0 radical (unpaired) electrons. The number of aromatic nitrogens is 2. The molecule has 4 atom stereocenters. The van der Waals surface area contributed by atoms with Crippen molar-refractivity contribution in [3.05, 3.63) is 29.7 Å². The summed E-state index contributed by atoms with van der Waals surface area (Å²) < 4.78 is 0. The molecule has 3 unspecified atom stereocenters. The van der Waals surface area contributed by atoms with Crippen molar-refractivity contribution in [2.24, 2.45) is 5.41 Å². The number of hydrogen-bond donors (Lipinski definition) is 3. The van der Waals surface area contributed by atoms with Gasteiger partial charge in [-0.3, -0.25) is 0 Å². The lowest BCUT2D eigenvalue weighted by atomic mass is 9.85. The monoisotopic (exact) mass is 311 g/mol. The molecule has 0 saturated heterocycles. The van der Waals surface area contributed by atoms with E-state index in [0.717, 1.165) is 5.56 Å². The molecule has 0 amide bonds. The first-order valence-electron chi connectivity index (χ1n) is 6.90. The summed E-state index contributed by atoms with van der Waals surface area (Å²) in [4.78, 5) is 10.2. The van der Waals surface area contributed by atoms with Crippen LogP contribution in [0, 0.1) is 5.41 Å². The fourth-order valence-corrected chi connectivity index (χ4v) is 3.63. The zero-order valence-electron chi connectivity index (χ0n) is 11.5. The van der Waals surface area contributed by atoms with Crippen LogP contribution in [0.25, 0.3) is 0 Å². The van der Waals surface area contributed by atoms with Gasteiger partial charge in [0.2, 0.25) is 0 Å². The van der Waals surface area contributed by atoms with E-state index in [9.17, 15) is 15.3 Å². The molecule has 1 aliphatic heterocycles. The lowest BCUT2D eigenvalue weighted by Crippen LogP contribution is -2.43. The second kappa shape index (κ2) is 5.21. The second-order valence-electron chi connectivity index (χ2n) is 5.71. The summed E-state index contributed by atoms with van der Waals surface area (Å²) in [5, 5.41) is 30.7. The molecule has 3 N–H and O–H groups in total. The van der Waals surface area contributed by atoms with Crippen molar-refractivity contribution in [2.75, 3.05) is 18.1 Å². The van der Waals surface area contributed by atoms with E-state index < -0.39 is 17.6 Å². The Morgan fingerprint density at radius 2 is 2.24 bits per heavy atom. The predicted octanol–water partition coefficient (Wildman–Crippen LogP) is 0.151. The van der Waals surface area contributed by atoms with Gasteiger partial charge in [0.05, 0.1) is 18.8 Å². The highest BCUT2D eigenvalue weighted by atomic mass is 35.5. The van der Waals surface area contributed by atoms with Gasteiger partial charge in [-0.25, -0.2) is 9.97 Å². The van der Waals surface area contributed by atoms with E-state index in [1.165, 1.54) is 12.4 Å². The number of aliphatic hydroxyl groups excluding tert-OH is 3. The first kappa shape index (κ1) is 14.7. The van der Waals surface area contributed by atoms with E-state index in [0.29, 0.717) is 30.4 Å². The smallest absolute Gasteiger partial charge is 0.137 e. The van der Waals surface area contributed by atoms with Crippen LogP contribution in [0.1, 0.15) is 12.0 Å². The van der Waals surface area contributed by atoms with Crippen LogP contribution >= 0.6 is 11.6 Å². The molecular weight excluding hydrogens is 294 g/mol. The number of nitrogens with zero attached hydrogens (tertiary/aromatic N) is 3. The maximum Gasteiger partial charge on any atom is 0.137 e. The Bertz CT molecular complexity index is 570. The first-order chi connectivity index (χ1) is 10.0. The van der Waals surface area contributed by atoms with Crippen molar-refractivity contribution < 1.29 is 15.3 Å². The highest BCUT2D eigenvalue weighted by Crippen LogP contribution is 2.44. The fraction of sp³-hybridized carbons (Fsp3) is 0.571. The second-order valence-corrected chi connectivity index (χ2v) is 6.07. The average molecular weight is 312 g/mol. The Labute approximate surface area is 127 Å². The summed E-state index contributed by atoms with van der Waals surface area (Å²) in [6.45, 7) is 4.09. The third-order valence-corrected chi connectivity index (χ3v) is 5.07. The number of aliphatic hydroxyl groups is 3.